The Balaban J connectivity index is 2.19. The molecule has 1 aromatic rings. The summed E-state index contributed by atoms with van der Waals surface area (Å²) in [5.41, 5.74) is 0. The minimum Gasteiger partial charge on any atom is -0.356 e. The summed E-state index contributed by atoms with van der Waals surface area (Å²) >= 11 is 1.52. The number of carbonyl (C=O) groups excluding carboxylic acids is 1. The predicted molar refractivity (Wildman–Crippen MR) is 88.6 cm³/mol. The maximum atomic E-state index is 13.0. The highest BCUT2D eigenvalue weighted by molar-refractivity contribution is 7.89. The van der Waals surface area contributed by atoms with Gasteiger partial charge in [-0.1, -0.05) is 6.42 Å². The maximum Gasteiger partial charge on any atom is 0.244 e. The monoisotopic (exact) mass is 344 g/mol. The summed E-state index contributed by atoms with van der Waals surface area (Å²) < 4.78 is 27.6. The number of carbonyl (C=O) groups is 1. The van der Waals surface area contributed by atoms with Gasteiger partial charge in [-0.3, -0.25) is 4.79 Å². The zero-order chi connectivity index (χ0) is 16.3. The van der Waals surface area contributed by atoms with Crippen LogP contribution in [0.25, 0.3) is 0 Å². The summed E-state index contributed by atoms with van der Waals surface area (Å²) in [6, 6.07) is 1.75. The van der Waals surface area contributed by atoms with E-state index in [9.17, 15) is 13.2 Å². The fraction of sp³-hybridized carbons (Fsp3) is 0.667. The van der Waals surface area contributed by atoms with E-state index in [1.165, 1.54) is 18.3 Å². The van der Waals surface area contributed by atoms with Crippen molar-refractivity contribution in [3.05, 3.63) is 15.8 Å². The summed E-state index contributed by atoms with van der Waals surface area (Å²) in [4.78, 5) is 13.3. The zero-order valence-corrected chi connectivity index (χ0v) is 15.0. The number of nitrogens with one attached hydrogen (secondary N) is 1. The van der Waals surface area contributed by atoms with Crippen LogP contribution in [0, 0.1) is 13.8 Å². The molecule has 124 valence electrons. The van der Waals surface area contributed by atoms with Gasteiger partial charge in [-0.15, -0.1) is 11.3 Å². The van der Waals surface area contributed by atoms with Crippen LogP contribution >= 0.6 is 11.3 Å². The molecule has 0 saturated carbocycles. The topological polar surface area (TPSA) is 66.5 Å². The van der Waals surface area contributed by atoms with Crippen LogP contribution in [-0.2, 0) is 14.8 Å². The highest BCUT2D eigenvalue weighted by atomic mass is 32.2. The molecule has 1 saturated heterocycles. The molecule has 0 aliphatic carbocycles. The second-order valence-electron chi connectivity index (χ2n) is 5.81. The van der Waals surface area contributed by atoms with Gasteiger partial charge < -0.3 is 5.32 Å². The van der Waals surface area contributed by atoms with Crippen LogP contribution < -0.4 is 5.32 Å². The fourth-order valence-corrected chi connectivity index (χ4v) is 6.23. The summed E-state index contributed by atoms with van der Waals surface area (Å²) in [5, 5.41) is 2.76. The lowest BCUT2D eigenvalue weighted by atomic mass is 10.0. The van der Waals surface area contributed by atoms with E-state index in [-0.39, 0.29) is 11.9 Å². The molecule has 1 aromatic heterocycles. The van der Waals surface area contributed by atoms with Crippen molar-refractivity contribution >= 4 is 27.3 Å². The molecule has 5 nitrogen and oxygen atoms in total. The Morgan fingerprint density at radius 3 is 2.73 bits per heavy atom. The van der Waals surface area contributed by atoms with Crippen molar-refractivity contribution < 1.29 is 13.2 Å². The summed E-state index contributed by atoms with van der Waals surface area (Å²) in [6.45, 7) is 6.36. The van der Waals surface area contributed by atoms with Gasteiger partial charge in [0.1, 0.15) is 0 Å². The number of piperidine rings is 1. The number of hydrogen-bond donors (Lipinski definition) is 1. The van der Waals surface area contributed by atoms with Gasteiger partial charge in [0.2, 0.25) is 15.9 Å². The van der Waals surface area contributed by atoms with Gasteiger partial charge in [-0.05, 0) is 39.2 Å². The predicted octanol–water partition coefficient (Wildman–Crippen LogP) is 2.43. The Labute approximate surface area is 136 Å². The van der Waals surface area contributed by atoms with Crippen LogP contribution in [0.5, 0.6) is 0 Å². The van der Waals surface area contributed by atoms with Gasteiger partial charge in [-0.2, -0.15) is 4.31 Å². The molecule has 2 heterocycles. The SMILES string of the molecule is CC(=O)NCCC1CCCCN1S(=O)(=O)c1cc(C)sc1C. The van der Waals surface area contributed by atoms with Crippen molar-refractivity contribution in [3.8, 4) is 0 Å². The molecule has 22 heavy (non-hydrogen) atoms. The molecule has 7 heteroatoms. The zero-order valence-electron chi connectivity index (χ0n) is 13.4. The highest BCUT2D eigenvalue weighted by Crippen LogP contribution is 2.32. The normalized spacial score (nSPS) is 20.0. The summed E-state index contributed by atoms with van der Waals surface area (Å²) in [6.07, 6.45) is 3.47. The average molecular weight is 345 g/mol. The second kappa shape index (κ2) is 7.10. The lowest BCUT2D eigenvalue weighted by Gasteiger charge is -2.34. The lowest BCUT2D eigenvalue weighted by molar-refractivity contribution is -0.119. The van der Waals surface area contributed by atoms with Crippen LogP contribution in [0.4, 0.5) is 0 Å². The van der Waals surface area contributed by atoms with Crippen molar-refractivity contribution in [3.63, 3.8) is 0 Å². The number of rotatable bonds is 5. The molecule has 1 fully saturated rings. The third kappa shape index (κ3) is 3.88. The van der Waals surface area contributed by atoms with Gasteiger partial charge in [0, 0.05) is 35.8 Å². The van der Waals surface area contributed by atoms with Gasteiger partial charge in [0.25, 0.3) is 0 Å². The molecule has 0 bridgehead atoms. The summed E-state index contributed by atoms with van der Waals surface area (Å²) in [5.74, 6) is -0.0745. The van der Waals surface area contributed by atoms with Gasteiger partial charge in [-0.25, -0.2) is 8.42 Å². The highest BCUT2D eigenvalue weighted by Gasteiger charge is 2.34. The molecule has 0 aromatic carbocycles. The first-order chi connectivity index (χ1) is 10.3. The third-order valence-electron chi connectivity index (χ3n) is 4.01. The molecule has 1 aliphatic heterocycles. The van der Waals surface area contributed by atoms with E-state index < -0.39 is 10.0 Å². The first-order valence-electron chi connectivity index (χ1n) is 7.65. The first kappa shape index (κ1) is 17.4. The van der Waals surface area contributed by atoms with Crippen LogP contribution in [0.15, 0.2) is 11.0 Å². The van der Waals surface area contributed by atoms with Crippen molar-refractivity contribution in [2.45, 2.75) is 57.4 Å². The van der Waals surface area contributed by atoms with Crippen molar-refractivity contribution in [1.29, 1.82) is 0 Å². The Morgan fingerprint density at radius 2 is 2.14 bits per heavy atom. The fourth-order valence-electron chi connectivity index (χ4n) is 2.98. The van der Waals surface area contributed by atoms with Crippen molar-refractivity contribution in [2.75, 3.05) is 13.1 Å². The molecular formula is C15H24N2O3S2. The number of aryl methyl sites for hydroxylation is 2. The number of sulfonamides is 1. The Hall–Kier alpha value is -0.920. The maximum absolute atomic E-state index is 13.0. The molecular weight excluding hydrogens is 320 g/mol. The van der Waals surface area contributed by atoms with Gasteiger partial charge in [0.05, 0.1) is 4.90 Å². The molecule has 1 aliphatic rings. The lowest BCUT2D eigenvalue weighted by Crippen LogP contribution is -2.45. The Kier molecular flexibility index (Phi) is 5.63. The van der Waals surface area contributed by atoms with Gasteiger partial charge in [0.15, 0.2) is 0 Å². The molecule has 1 N–H and O–H groups in total. The van der Waals surface area contributed by atoms with Crippen molar-refractivity contribution in [1.82, 2.24) is 9.62 Å². The van der Waals surface area contributed by atoms with Crippen LogP contribution in [0.2, 0.25) is 0 Å². The number of nitrogens with zero attached hydrogens (tertiary/aromatic N) is 1. The van der Waals surface area contributed by atoms with Crippen LogP contribution in [-0.4, -0.2) is 37.8 Å². The molecule has 0 radical (unpaired) electrons. The number of hydrogen-bond acceptors (Lipinski definition) is 4. The molecule has 1 amide bonds. The van der Waals surface area contributed by atoms with Crippen LogP contribution in [0.1, 0.15) is 42.4 Å². The first-order valence-corrected chi connectivity index (χ1v) is 9.91. The third-order valence-corrected chi connectivity index (χ3v) is 7.18. The smallest absolute Gasteiger partial charge is 0.244 e. The average Bonchev–Trinajstić information content (AvgIpc) is 2.78. The van der Waals surface area contributed by atoms with E-state index in [1.807, 2.05) is 13.8 Å². The minimum atomic E-state index is -3.44. The van der Waals surface area contributed by atoms with Gasteiger partial charge >= 0.3 is 0 Å². The Morgan fingerprint density at radius 1 is 1.41 bits per heavy atom. The van der Waals surface area contributed by atoms with Crippen molar-refractivity contribution in [2.24, 2.45) is 0 Å². The van der Waals surface area contributed by atoms with E-state index in [1.54, 1.807) is 10.4 Å². The molecule has 2 rings (SSSR count). The minimum absolute atomic E-state index is 0.0230. The van der Waals surface area contributed by atoms with E-state index in [0.29, 0.717) is 24.4 Å². The van der Waals surface area contributed by atoms with E-state index in [4.69, 9.17) is 0 Å². The molecule has 1 unspecified atom stereocenters. The largest absolute Gasteiger partial charge is 0.356 e. The second-order valence-corrected chi connectivity index (χ2v) is 9.13. The molecule has 1 atom stereocenters. The van der Waals surface area contributed by atoms with E-state index in [0.717, 1.165) is 29.0 Å². The van der Waals surface area contributed by atoms with E-state index in [2.05, 4.69) is 5.32 Å². The molecule has 0 spiro atoms. The number of amides is 1. The van der Waals surface area contributed by atoms with E-state index >= 15 is 0 Å². The quantitative estimate of drug-likeness (QED) is 0.892. The number of thiophene rings is 1. The standard InChI is InChI=1S/C15H24N2O3S2/c1-11-10-15(12(2)21-11)22(19,20)17-9-5-4-6-14(17)7-8-16-13(3)18/h10,14H,4-9H2,1-3H3,(H,16,18). The van der Waals surface area contributed by atoms with Crippen LogP contribution in [0.3, 0.4) is 0 Å². The Bertz CT molecular complexity index is 637. The summed E-state index contributed by atoms with van der Waals surface area (Å²) in [7, 11) is -3.44.